The van der Waals surface area contributed by atoms with Crippen molar-refractivity contribution in [3.63, 3.8) is 0 Å². The van der Waals surface area contributed by atoms with Crippen LogP contribution in [0.4, 0.5) is 13.2 Å². The molecule has 0 unspecified atom stereocenters. The first-order valence-electron chi connectivity index (χ1n) is 5.99. The predicted molar refractivity (Wildman–Crippen MR) is 69.4 cm³/mol. The largest absolute Gasteiger partial charge is 0.492 e. The summed E-state index contributed by atoms with van der Waals surface area (Å²) in [6.45, 7) is 2.14. The average Bonchev–Trinajstić information content (AvgIpc) is 2.38. The van der Waals surface area contributed by atoms with Crippen molar-refractivity contribution in [3.05, 3.63) is 42.1 Å². The quantitative estimate of drug-likeness (QED) is 0.753. The van der Waals surface area contributed by atoms with Gasteiger partial charge in [0, 0.05) is 18.8 Å². The van der Waals surface area contributed by atoms with Crippen LogP contribution < -0.4 is 4.74 Å². The Hall–Kier alpha value is -1.98. The molecule has 20 heavy (non-hydrogen) atoms. The molecule has 0 fully saturated rings. The second-order valence-electron chi connectivity index (χ2n) is 4.23. The molecule has 0 radical (unpaired) electrons. The Morgan fingerprint density at radius 2 is 1.90 bits per heavy atom. The number of halogens is 3. The molecule has 0 N–H and O–H groups in total. The number of nitrogens with zero attached hydrogens (tertiary/aromatic N) is 1. The summed E-state index contributed by atoms with van der Waals surface area (Å²) in [5, 5.41) is 0. The number of ether oxygens (including phenoxy) is 1. The first-order chi connectivity index (χ1) is 9.30. The van der Waals surface area contributed by atoms with Gasteiger partial charge in [0.05, 0.1) is 6.54 Å². The Morgan fingerprint density at radius 1 is 1.30 bits per heavy atom. The Labute approximate surface area is 115 Å². The van der Waals surface area contributed by atoms with Gasteiger partial charge in [0.1, 0.15) is 12.4 Å². The van der Waals surface area contributed by atoms with Crippen molar-refractivity contribution in [2.45, 2.75) is 13.1 Å². The molecule has 1 aromatic carbocycles. The van der Waals surface area contributed by atoms with Crippen molar-refractivity contribution in [1.29, 1.82) is 0 Å². The monoisotopic (exact) mass is 287 g/mol. The van der Waals surface area contributed by atoms with Crippen LogP contribution in [-0.2, 0) is 4.79 Å². The van der Waals surface area contributed by atoms with Gasteiger partial charge < -0.3 is 9.64 Å². The Balaban J connectivity index is 2.44. The van der Waals surface area contributed by atoms with E-state index in [0.717, 1.165) is 0 Å². The molecule has 0 aromatic heterocycles. The third kappa shape index (κ3) is 5.34. The third-order valence-electron chi connectivity index (χ3n) is 2.66. The highest BCUT2D eigenvalue weighted by Gasteiger charge is 2.36. The zero-order valence-corrected chi connectivity index (χ0v) is 11.3. The van der Waals surface area contributed by atoms with Crippen LogP contribution in [0.15, 0.2) is 42.1 Å². The Bertz CT molecular complexity index is 469. The van der Waals surface area contributed by atoms with Crippen molar-refractivity contribution in [2.75, 3.05) is 20.2 Å². The van der Waals surface area contributed by atoms with Crippen LogP contribution >= 0.6 is 0 Å². The number of hydrogen-bond donors (Lipinski definition) is 0. The Morgan fingerprint density at radius 3 is 2.45 bits per heavy atom. The second-order valence-corrected chi connectivity index (χ2v) is 4.23. The van der Waals surface area contributed by atoms with E-state index < -0.39 is 12.0 Å². The van der Waals surface area contributed by atoms with Crippen LogP contribution in [0.25, 0.3) is 0 Å². The fourth-order valence-electron chi connectivity index (χ4n) is 1.38. The van der Waals surface area contributed by atoms with Gasteiger partial charge in [0.25, 0.3) is 5.78 Å². The van der Waals surface area contributed by atoms with Crippen molar-refractivity contribution < 1.29 is 22.7 Å². The molecule has 0 aliphatic carbocycles. The third-order valence-corrected chi connectivity index (χ3v) is 2.66. The average molecular weight is 287 g/mol. The zero-order chi connectivity index (χ0) is 15.2. The van der Waals surface area contributed by atoms with Gasteiger partial charge >= 0.3 is 6.18 Å². The SMILES string of the molecule is CC(=CC(=O)C(F)(F)F)N(C)CCOc1ccccc1. The molecule has 3 nitrogen and oxygen atoms in total. The van der Waals surface area contributed by atoms with E-state index in [0.29, 0.717) is 25.0 Å². The first-order valence-corrected chi connectivity index (χ1v) is 5.99. The topological polar surface area (TPSA) is 29.5 Å². The fourth-order valence-corrected chi connectivity index (χ4v) is 1.38. The molecule has 0 saturated heterocycles. The summed E-state index contributed by atoms with van der Waals surface area (Å²) in [5.41, 5.74) is 0.240. The lowest BCUT2D eigenvalue weighted by Gasteiger charge is -2.20. The molecule has 1 aromatic rings. The summed E-state index contributed by atoms with van der Waals surface area (Å²) < 4.78 is 41.7. The molecule has 0 saturated carbocycles. The predicted octanol–water partition coefficient (Wildman–Crippen LogP) is 3.03. The number of para-hydroxylation sites is 1. The van der Waals surface area contributed by atoms with Crippen LogP contribution in [-0.4, -0.2) is 37.1 Å². The first kappa shape index (κ1) is 16.1. The molecule has 110 valence electrons. The van der Waals surface area contributed by atoms with Crippen molar-refractivity contribution in [1.82, 2.24) is 4.90 Å². The van der Waals surface area contributed by atoms with Gasteiger partial charge in [-0.05, 0) is 19.1 Å². The number of benzene rings is 1. The van der Waals surface area contributed by atoms with Crippen LogP contribution in [0.3, 0.4) is 0 Å². The van der Waals surface area contributed by atoms with E-state index in [1.807, 2.05) is 18.2 Å². The fraction of sp³-hybridized carbons (Fsp3) is 0.357. The van der Waals surface area contributed by atoms with Crippen molar-refractivity contribution in [3.8, 4) is 5.75 Å². The zero-order valence-electron chi connectivity index (χ0n) is 11.3. The van der Waals surface area contributed by atoms with Gasteiger partial charge in [-0.25, -0.2) is 0 Å². The minimum absolute atomic E-state index is 0.240. The Kier molecular flexibility index (Phi) is 5.61. The van der Waals surface area contributed by atoms with Gasteiger partial charge in [-0.2, -0.15) is 13.2 Å². The maximum absolute atomic E-state index is 12.1. The highest BCUT2D eigenvalue weighted by atomic mass is 19.4. The summed E-state index contributed by atoms with van der Waals surface area (Å²) >= 11 is 0. The lowest BCUT2D eigenvalue weighted by atomic mass is 10.3. The van der Waals surface area contributed by atoms with Crippen LogP contribution in [0.1, 0.15) is 6.92 Å². The smallest absolute Gasteiger partial charge is 0.454 e. The molecule has 1 rings (SSSR count). The van der Waals surface area contributed by atoms with E-state index >= 15 is 0 Å². The highest BCUT2D eigenvalue weighted by Crippen LogP contribution is 2.18. The van der Waals surface area contributed by atoms with Crippen LogP contribution in [0.5, 0.6) is 5.75 Å². The number of hydrogen-bond acceptors (Lipinski definition) is 3. The molecule has 0 aliphatic heterocycles. The molecular formula is C14H16F3NO2. The van der Waals surface area contributed by atoms with Crippen LogP contribution in [0.2, 0.25) is 0 Å². The molecule has 0 spiro atoms. The summed E-state index contributed by atoms with van der Waals surface area (Å²) in [6.07, 6.45) is -4.24. The number of carbonyl (C=O) groups is 1. The van der Waals surface area contributed by atoms with E-state index in [4.69, 9.17) is 4.74 Å². The maximum atomic E-state index is 12.1. The number of alkyl halides is 3. The van der Waals surface area contributed by atoms with E-state index in [1.54, 1.807) is 19.2 Å². The van der Waals surface area contributed by atoms with E-state index in [2.05, 4.69) is 0 Å². The van der Waals surface area contributed by atoms with Crippen LogP contribution in [0, 0.1) is 0 Å². The number of rotatable bonds is 6. The van der Waals surface area contributed by atoms with E-state index in [-0.39, 0.29) is 5.70 Å². The van der Waals surface area contributed by atoms with Gasteiger partial charge in [-0.3, -0.25) is 4.79 Å². The maximum Gasteiger partial charge on any atom is 0.454 e. The summed E-state index contributed by atoms with van der Waals surface area (Å²) in [4.78, 5) is 12.3. The number of carbonyl (C=O) groups excluding carboxylic acids is 1. The van der Waals surface area contributed by atoms with Crippen molar-refractivity contribution in [2.24, 2.45) is 0 Å². The van der Waals surface area contributed by atoms with Gasteiger partial charge in [-0.1, -0.05) is 18.2 Å². The van der Waals surface area contributed by atoms with Crippen molar-refractivity contribution >= 4 is 5.78 Å². The lowest BCUT2D eigenvalue weighted by molar-refractivity contribution is -0.165. The van der Waals surface area contributed by atoms with E-state index in [1.165, 1.54) is 11.8 Å². The molecule has 0 atom stereocenters. The minimum atomic E-state index is -4.83. The minimum Gasteiger partial charge on any atom is -0.492 e. The second kappa shape index (κ2) is 6.98. The summed E-state index contributed by atoms with van der Waals surface area (Å²) in [6, 6.07) is 9.08. The normalized spacial score (nSPS) is 12.2. The molecular weight excluding hydrogens is 271 g/mol. The summed E-state index contributed by atoms with van der Waals surface area (Å²) in [7, 11) is 1.60. The van der Waals surface area contributed by atoms with E-state index in [9.17, 15) is 18.0 Å². The molecule has 0 aliphatic rings. The molecule has 6 heteroatoms. The number of ketones is 1. The van der Waals surface area contributed by atoms with Gasteiger partial charge in [0.15, 0.2) is 0 Å². The van der Waals surface area contributed by atoms with Gasteiger partial charge in [0.2, 0.25) is 0 Å². The van der Waals surface area contributed by atoms with Gasteiger partial charge in [-0.15, -0.1) is 0 Å². The molecule has 0 amide bonds. The highest BCUT2D eigenvalue weighted by molar-refractivity contribution is 5.94. The lowest BCUT2D eigenvalue weighted by Crippen LogP contribution is -2.26. The summed E-state index contributed by atoms with van der Waals surface area (Å²) in [5.74, 6) is -1.17. The number of likely N-dealkylation sites (N-methyl/N-ethyl adjacent to an activating group) is 1. The standard InChI is InChI=1S/C14H16F3NO2/c1-11(10-13(19)14(15,16)17)18(2)8-9-20-12-6-4-3-5-7-12/h3-7,10H,8-9H2,1-2H3. The molecule has 0 heterocycles. The number of allylic oxidation sites excluding steroid dienone is 2. The molecule has 0 bridgehead atoms.